The number of nitrogens with two attached hydrogens (primary N) is 1. The van der Waals surface area contributed by atoms with E-state index in [2.05, 4.69) is 29.4 Å². The summed E-state index contributed by atoms with van der Waals surface area (Å²) in [7, 11) is 0. The summed E-state index contributed by atoms with van der Waals surface area (Å²) in [6, 6.07) is 4.23. The minimum Gasteiger partial charge on any atom is -0.488 e. The number of rotatable bonds is 5. The van der Waals surface area contributed by atoms with Crippen molar-refractivity contribution in [1.29, 1.82) is 0 Å². The van der Waals surface area contributed by atoms with Gasteiger partial charge in [0, 0.05) is 18.0 Å². The maximum absolute atomic E-state index is 6.15. The average Bonchev–Trinajstić information content (AvgIpc) is 3.03. The fraction of sp³-hybridized carbons (Fsp3) is 0.400. The van der Waals surface area contributed by atoms with Gasteiger partial charge >= 0.3 is 0 Å². The fourth-order valence-corrected chi connectivity index (χ4v) is 4.24. The van der Waals surface area contributed by atoms with Crippen LogP contribution in [-0.2, 0) is 0 Å². The zero-order valence-electron chi connectivity index (χ0n) is 11.7. The van der Waals surface area contributed by atoms with E-state index in [0.29, 0.717) is 6.54 Å². The summed E-state index contributed by atoms with van der Waals surface area (Å²) in [5, 5.41) is 4.35. The first-order valence-corrected chi connectivity index (χ1v) is 8.56. The van der Waals surface area contributed by atoms with Gasteiger partial charge in [0.15, 0.2) is 0 Å². The van der Waals surface area contributed by atoms with E-state index in [4.69, 9.17) is 10.5 Å². The summed E-state index contributed by atoms with van der Waals surface area (Å²) >= 11 is 3.44. The maximum Gasteiger partial charge on any atom is 0.130 e. The molecule has 0 saturated carbocycles. The fourth-order valence-electron chi connectivity index (χ4n) is 2.41. The van der Waals surface area contributed by atoms with E-state index in [1.807, 2.05) is 6.92 Å². The first kappa shape index (κ1) is 13.8. The highest BCUT2D eigenvalue weighted by molar-refractivity contribution is 7.21. The van der Waals surface area contributed by atoms with Crippen LogP contribution in [-0.4, -0.2) is 17.6 Å². The number of aromatic nitrogens is 1. The average molecular weight is 306 g/mol. The van der Waals surface area contributed by atoms with Gasteiger partial charge in [-0.3, -0.25) is 0 Å². The third-order valence-corrected chi connectivity index (χ3v) is 5.17. The second-order valence-corrected chi connectivity index (χ2v) is 7.03. The summed E-state index contributed by atoms with van der Waals surface area (Å²) < 4.78 is 8.56. The Morgan fingerprint density at radius 1 is 1.45 bits per heavy atom. The molecule has 0 aliphatic carbocycles. The first-order valence-electron chi connectivity index (χ1n) is 6.87. The molecule has 3 aromatic rings. The Kier molecular flexibility index (Phi) is 3.92. The summed E-state index contributed by atoms with van der Waals surface area (Å²) in [5.74, 6) is 0.946. The summed E-state index contributed by atoms with van der Waals surface area (Å²) in [6.45, 7) is 4.76. The molecule has 1 atom stereocenters. The second kappa shape index (κ2) is 5.68. The predicted octanol–water partition coefficient (Wildman–Crippen LogP) is 4.33. The lowest BCUT2D eigenvalue weighted by Gasteiger charge is -2.17. The third-order valence-electron chi connectivity index (χ3n) is 3.34. The van der Waals surface area contributed by atoms with Crippen molar-refractivity contribution in [2.75, 3.05) is 6.54 Å². The molecule has 1 aromatic carbocycles. The van der Waals surface area contributed by atoms with Crippen LogP contribution < -0.4 is 10.5 Å². The quantitative estimate of drug-likeness (QED) is 0.763. The second-order valence-electron chi connectivity index (χ2n) is 4.88. The smallest absolute Gasteiger partial charge is 0.130 e. The van der Waals surface area contributed by atoms with Crippen LogP contribution in [0.2, 0.25) is 0 Å². The number of benzene rings is 1. The molecule has 3 nitrogen and oxygen atoms in total. The SMILES string of the molecule is CCCC(CN)Oc1cc2sc(C)nc2c2sccc12. The van der Waals surface area contributed by atoms with Gasteiger partial charge in [0.25, 0.3) is 0 Å². The lowest BCUT2D eigenvalue weighted by molar-refractivity contribution is 0.201. The van der Waals surface area contributed by atoms with Crippen molar-refractivity contribution >= 4 is 43.0 Å². The third kappa shape index (κ3) is 2.41. The molecule has 2 aromatic heterocycles. The van der Waals surface area contributed by atoms with Crippen LogP contribution in [0.4, 0.5) is 0 Å². The van der Waals surface area contributed by atoms with Crippen molar-refractivity contribution in [2.24, 2.45) is 5.73 Å². The first-order chi connectivity index (χ1) is 9.72. The number of ether oxygens (including phenoxy) is 1. The molecule has 0 spiro atoms. The molecule has 0 bridgehead atoms. The molecule has 106 valence electrons. The van der Waals surface area contributed by atoms with Gasteiger partial charge in [0.05, 0.1) is 19.9 Å². The van der Waals surface area contributed by atoms with Crippen molar-refractivity contribution in [3.8, 4) is 5.75 Å². The Morgan fingerprint density at radius 3 is 3.05 bits per heavy atom. The van der Waals surface area contributed by atoms with E-state index >= 15 is 0 Å². The minimum absolute atomic E-state index is 0.0922. The molecule has 20 heavy (non-hydrogen) atoms. The Bertz CT molecular complexity index is 732. The normalized spacial score (nSPS) is 13.2. The molecule has 2 N–H and O–H groups in total. The highest BCUT2D eigenvalue weighted by Gasteiger charge is 2.15. The lowest BCUT2D eigenvalue weighted by Crippen LogP contribution is -2.26. The molecule has 5 heteroatoms. The number of nitrogens with zero attached hydrogens (tertiary/aromatic N) is 1. The molecular formula is C15H18N2OS2. The van der Waals surface area contributed by atoms with Gasteiger partial charge in [-0.25, -0.2) is 4.98 Å². The molecule has 0 fully saturated rings. The number of hydrogen-bond acceptors (Lipinski definition) is 5. The Balaban J connectivity index is 2.10. The number of fused-ring (bicyclic) bond motifs is 3. The van der Waals surface area contributed by atoms with Crippen LogP contribution in [0.15, 0.2) is 17.5 Å². The van der Waals surface area contributed by atoms with Crippen LogP contribution in [0.1, 0.15) is 24.8 Å². The molecule has 2 heterocycles. The van der Waals surface area contributed by atoms with Crippen molar-refractivity contribution in [3.63, 3.8) is 0 Å². The van der Waals surface area contributed by atoms with Crippen LogP contribution in [0.25, 0.3) is 20.3 Å². The maximum atomic E-state index is 6.15. The van der Waals surface area contributed by atoms with E-state index in [0.717, 1.165) is 34.5 Å². The van der Waals surface area contributed by atoms with Gasteiger partial charge in [-0.2, -0.15) is 0 Å². The molecular weight excluding hydrogens is 288 g/mol. The number of thiazole rings is 1. The van der Waals surface area contributed by atoms with Gasteiger partial charge in [0.1, 0.15) is 11.9 Å². The van der Waals surface area contributed by atoms with Crippen molar-refractivity contribution in [3.05, 3.63) is 22.5 Å². The van der Waals surface area contributed by atoms with E-state index in [1.54, 1.807) is 22.7 Å². The summed E-state index contributed by atoms with van der Waals surface area (Å²) in [5.41, 5.74) is 6.91. The van der Waals surface area contributed by atoms with Crippen molar-refractivity contribution in [1.82, 2.24) is 4.98 Å². The van der Waals surface area contributed by atoms with E-state index in [-0.39, 0.29) is 6.10 Å². The molecule has 0 amide bonds. The van der Waals surface area contributed by atoms with E-state index < -0.39 is 0 Å². The standard InChI is InChI=1S/C15H18N2OS2/c1-3-4-10(8-16)18-12-7-13-14(17-9(2)20-13)15-11(12)5-6-19-15/h5-7,10H,3-4,8,16H2,1-2H3. The van der Waals surface area contributed by atoms with Crippen LogP contribution in [0.3, 0.4) is 0 Å². The van der Waals surface area contributed by atoms with Gasteiger partial charge in [-0.05, 0) is 24.8 Å². The van der Waals surface area contributed by atoms with Crippen molar-refractivity contribution in [2.45, 2.75) is 32.8 Å². The number of hydrogen-bond donors (Lipinski definition) is 1. The lowest BCUT2D eigenvalue weighted by atomic mass is 10.2. The van der Waals surface area contributed by atoms with Crippen molar-refractivity contribution < 1.29 is 4.74 Å². The molecule has 0 saturated heterocycles. The van der Waals surface area contributed by atoms with Crippen LogP contribution >= 0.6 is 22.7 Å². The molecule has 0 aliphatic rings. The van der Waals surface area contributed by atoms with Gasteiger partial charge in [-0.1, -0.05) is 13.3 Å². The predicted molar refractivity (Wildman–Crippen MR) is 88.1 cm³/mol. The summed E-state index contributed by atoms with van der Waals surface area (Å²) in [6.07, 6.45) is 2.16. The van der Waals surface area contributed by atoms with E-state index in [9.17, 15) is 0 Å². The monoisotopic (exact) mass is 306 g/mol. The minimum atomic E-state index is 0.0922. The molecule has 3 rings (SSSR count). The van der Waals surface area contributed by atoms with Gasteiger partial charge < -0.3 is 10.5 Å². The topological polar surface area (TPSA) is 48.1 Å². The highest BCUT2D eigenvalue weighted by Crippen LogP contribution is 2.39. The van der Waals surface area contributed by atoms with Crippen LogP contribution in [0.5, 0.6) is 5.75 Å². The van der Waals surface area contributed by atoms with E-state index in [1.165, 1.54) is 9.40 Å². The zero-order chi connectivity index (χ0) is 14.1. The van der Waals surface area contributed by atoms with Gasteiger partial charge in [0.2, 0.25) is 0 Å². The molecule has 1 unspecified atom stereocenters. The zero-order valence-corrected chi connectivity index (χ0v) is 13.3. The number of aryl methyl sites for hydroxylation is 1. The Labute approximate surface area is 126 Å². The molecule has 0 radical (unpaired) electrons. The van der Waals surface area contributed by atoms with Gasteiger partial charge in [-0.15, -0.1) is 22.7 Å². The number of thiophene rings is 1. The Morgan fingerprint density at radius 2 is 2.30 bits per heavy atom. The largest absolute Gasteiger partial charge is 0.488 e. The van der Waals surface area contributed by atoms with Crippen LogP contribution in [0, 0.1) is 6.92 Å². The highest BCUT2D eigenvalue weighted by atomic mass is 32.1. The molecule has 0 aliphatic heterocycles. The summed E-state index contributed by atoms with van der Waals surface area (Å²) in [4.78, 5) is 4.64. The Hall–Kier alpha value is -1.17.